The third-order valence-corrected chi connectivity index (χ3v) is 13.1. The van der Waals surface area contributed by atoms with E-state index in [1.54, 1.807) is 0 Å². The average Bonchev–Trinajstić information content (AvgIpc) is 3.62. The zero-order valence-corrected chi connectivity index (χ0v) is 32.8. The molecule has 0 bridgehead atoms. The lowest BCUT2D eigenvalue weighted by Crippen LogP contribution is -2.18. The van der Waals surface area contributed by atoms with Gasteiger partial charge in [0.15, 0.2) is 0 Å². The molecule has 9 aromatic rings. The summed E-state index contributed by atoms with van der Waals surface area (Å²) in [5.41, 5.74) is 19.0. The van der Waals surface area contributed by atoms with Gasteiger partial charge in [-0.15, -0.1) is 0 Å². The van der Waals surface area contributed by atoms with Crippen molar-refractivity contribution in [2.45, 2.75) is 38.5 Å². The molecular weight excluding hydrogens is 687 g/mol. The summed E-state index contributed by atoms with van der Waals surface area (Å²) in [6.07, 6.45) is 0. The van der Waals surface area contributed by atoms with E-state index in [9.17, 15) is 0 Å². The Morgan fingerprint density at radius 1 is 0.298 bits per heavy atom. The second-order valence-corrected chi connectivity index (χ2v) is 17.0. The molecular formula is C56H43N. The molecule has 0 heterocycles. The summed E-state index contributed by atoms with van der Waals surface area (Å²) < 4.78 is 0. The van der Waals surface area contributed by atoms with E-state index < -0.39 is 0 Å². The molecule has 0 atom stereocenters. The maximum absolute atomic E-state index is 2.46. The second-order valence-electron chi connectivity index (χ2n) is 17.0. The number of fused-ring (bicyclic) bond motifs is 9. The van der Waals surface area contributed by atoms with Crippen molar-refractivity contribution in [1.29, 1.82) is 0 Å². The Labute approximate surface area is 335 Å². The van der Waals surface area contributed by atoms with Gasteiger partial charge in [0, 0.05) is 27.9 Å². The fraction of sp³-hybridized carbons (Fsp3) is 0.107. The van der Waals surface area contributed by atoms with Crippen molar-refractivity contribution < 1.29 is 0 Å². The Morgan fingerprint density at radius 2 is 0.807 bits per heavy atom. The van der Waals surface area contributed by atoms with Crippen LogP contribution < -0.4 is 4.90 Å². The molecule has 272 valence electrons. The Bertz CT molecular complexity index is 3060. The quantitative estimate of drug-likeness (QED) is 0.159. The minimum Gasteiger partial charge on any atom is -0.310 e. The first-order valence-electron chi connectivity index (χ1n) is 20.2. The van der Waals surface area contributed by atoms with E-state index in [0.717, 1.165) is 11.4 Å². The molecule has 9 aromatic carbocycles. The summed E-state index contributed by atoms with van der Waals surface area (Å²) in [6.45, 7) is 9.53. The summed E-state index contributed by atoms with van der Waals surface area (Å²) >= 11 is 0. The zero-order valence-electron chi connectivity index (χ0n) is 32.8. The van der Waals surface area contributed by atoms with Gasteiger partial charge in [0.2, 0.25) is 0 Å². The van der Waals surface area contributed by atoms with Gasteiger partial charge in [-0.05, 0) is 131 Å². The second kappa shape index (κ2) is 12.4. The van der Waals surface area contributed by atoms with E-state index >= 15 is 0 Å². The highest BCUT2D eigenvalue weighted by Gasteiger charge is 2.38. The van der Waals surface area contributed by atoms with Crippen LogP contribution in [0.5, 0.6) is 0 Å². The molecule has 1 heteroatoms. The van der Waals surface area contributed by atoms with Gasteiger partial charge in [-0.3, -0.25) is 0 Å². The standard InChI is InChI=1S/C56H43N/c1-55(2)51-20-11-10-17-47(51)49-31-27-41(34-53(49)55)57(40-25-21-37(22-26-40)36-13-6-5-7-14-36)42-28-32-50-48-30-24-39(33-52(48)56(3,4)54(50)35-42)44-18-12-19-45-43-16-9-8-15-38(43)23-29-46(44)45/h5-35H,1-4H3. The van der Waals surface area contributed by atoms with Gasteiger partial charge in [-0.2, -0.15) is 0 Å². The summed E-state index contributed by atoms with van der Waals surface area (Å²) in [6, 6.07) is 70.0. The molecule has 0 saturated carbocycles. The lowest BCUT2D eigenvalue weighted by molar-refractivity contribution is 0.660. The van der Waals surface area contributed by atoms with E-state index in [2.05, 4.69) is 221 Å². The number of rotatable bonds is 5. The van der Waals surface area contributed by atoms with Crippen molar-refractivity contribution >= 4 is 38.6 Å². The predicted molar refractivity (Wildman–Crippen MR) is 242 cm³/mol. The molecule has 0 spiro atoms. The van der Waals surface area contributed by atoms with Crippen molar-refractivity contribution in [2.24, 2.45) is 0 Å². The van der Waals surface area contributed by atoms with E-state index in [4.69, 9.17) is 0 Å². The van der Waals surface area contributed by atoms with Gasteiger partial charge in [0.25, 0.3) is 0 Å². The topological polar surface area (TPSA) is 3.24 Å². The van der Waals surface area contributed by atoms with Crippen LogP contribution in [0.4, 0.5) is 17.1 Å². The summed E-state index contributed by atoms with van der Waals surface area (Å²) in [4.78, 5) is 2.46. The van der Waals surface area contributed by atoms with Crippen LogP contribution in [-0.2, 0) is 10.8 Å². The Hall–Kier alpha value is -6.70. The largest absolute Gasteiger partial charge is 0.310 e. The molecule has 11 rings (SSSR count). The number of benzene rings is 9. The molecule has 0 aliphatic heterocycles. The third-order valence-electron chi connectivity index (χ3n) is 13.1. The Morgan fingerprint density at radius 3 is 1.54 bits per heavy atom. The summed E-state index contributed by atoms with van der Waals surface area (Å²) in [5, 5.41) is 5.17. The van der Waals surface area contributed by atoms with E-state index in [1.165, 1.54) is 94.0 Å². The number of anilines is 3. The van der Waals surface area contributed by atoms with E-state index in [-0.39, 0.29) is 10.8 Å². The first-order chi connectivity index (χ1) is 27.8. The smallest absolute Gasteiger partial charge is 0.0465 e. The van der Waals surface area contributed by atoms with Crippen LogP contribution in [0.3, 0.4) is 0 Å². The van der Waals surface area contributed by atoms with Crippen LogP contribution in [0.25, 0.3) is 66.1 Å². The van der Waals surface area contributed by atoms with Crippen LogP contribution in [0.2, 0.25) is 0 Å². The minimum absolute atomic E-state index is 0.0960. The van der Waals surface area contributed by atoms with E-state index in [0.29, 0.717) is 0 Å². The SMILES string of the molecule is CC1(C)c2ccccc2-c2ccc(N(c3ccc(-c4ccccc4)cc3)c3ccc4c(c3)C(C)(C)c3cc(-c5cccc6c5ccc5ccccc56)ccc3-4)cc21. The average molecular weight is 730 g/mol. The molecule has 0 radical (unpaired) electrons. The highest BCUT2D eigenvalue weighted by atomic mass is 15.1. The molecule has 1 nitrogen and oxygen atoms in total. The fourth-order valence-corrected chi connectivity index (χ4v) is 10.0. The van der Waals surface area contributed by atoms with Crippen molar-refractivity contribution in [1.82, 2.24) is 0 Å². The molecule has 0 fully saturated rings. The predicted octanol–water partition coefficient (Wildman–Crippen LogP) is 15.4. The van der Waals surface area contributed by atoms with Gasteiger partial charge in [-0.1, -0.05) is 173 Å². The number of nitrogens with zero attached hydrogens (tertiary/aromatic N) is 1. The molecule has 2 aliphatic rings. The van der Waals surface area contributed by atoms with Gasteiger partial charge < -0.3 is 4.90 Å². The van der Waals surface area contributed by atoms with Crippen LogP contribution in [0, 0.1) is 0 Å². The first-order valence-corrected chi connectivity index (χ1v) is 20.2. The summed E-state index contributed by atoms with van der Waals surface area (Å²) in [7, 11) is 0. The highest BCUT2D eigenvalue weighted by Crippen LogP contribution is 2.54. The maximum Gasteiger partial charge on any atom is 0.0465 e. The maximum atomic E-state index is 2.46. The lowest BCUT2D eigenvalue weighted by atomic mass is 9.81. The molecule has 0 amide bonds. The van der Waals surface area contributed by atoms with Gasteiger partial charge in [0.05, 0.1) is 0 Å². The summed E-state index contributed by atoms with van der Waals surface area (Å²) in [5.74, 6) is 0. The minimum atomic E-state index is -0.196. The van der Waals surface area contributed by atoms with Crippen molar-refractivity contribution in [2.75, 3.05) is 4.90 Å². The van der Waals surface area contributed by atoms with Crippen LogP contribution >= 0.6 is 0 Å². The Balaban J connectivity index is 1.03. The van der Waals surface area contributed by atoms with Crippen molar-refractivity contribution in [3.05, 3.63) is 210 Å². The number of hydrogen-bond acceptors (Lipinski definition) is 1. The first kappa shape index (κ1) is 33.6. The van der Waals surface area contributed by atoms with Crippen LogP contribution in [0.1, 0.15) is 49.9 Å². The van der Waals surface area contributed by atoms with Gasteiger partial charge in [-0.25, -0.2) is 0 Å². The van der Waals surface area contributed by atoms with E-state index in [1.807, 2.05) is 0 Å². The normalized spacial score (nSPS) is 14.2. The van der Waals surface area contributed by atoms with Crippen molar-refractivity contribution in [3.63, 3.8) is 0 Å². The van der Waals surface area contributed by atoms with Crippen LogP contribution in [0.15, 0.2) is 188 Å². The van der Waals surface area contributed by atoms with Gasteiger partial charge in [0.1, 0.15) is 0 Å². The van der Waals surface area contributed by atoms with Gasteiger partial charge >= 0.3 is 0 Å². The highest BCUT2D eigenvalue weighted by molar-refractivity contribution is 6.12. The molecule has 2 aliphatic carbocycles. The molecule has 0 N–H and O–H groups in total. The van der Waals surface area contributed by atoms with Crippen molar-refractivity contribution in [3.8, 4) is 44.5 Å². The monoisotopic (exact) mass is 729 g/mol. The zero-order chi connectivity index (χ0) is 38.5. The fourth-order valence-electron chi connectivity index (χ4n) is 10.0. The number of hydrogen-bond donors (Lipinski definition) is 0. The molecule has 57 heavy (non-hydrogen) atoms. The van der Waals surface area contributed by atoms with Crippen LogP contribution in [-0.4, -0.2) is 0 Å². The Kier molecular flexibility index (Phi) is 7.32. The third kappa shape index (κ3) is 5.08. The molecule has 0 saturated heterocycles. The molecule has 0 aromatic heterocycles. The lowest BCUT2D eigenvalue weighted by Gasteiger charge is -2.30. The molecule has 0 unspecified atom stereocenters.